The van der Waals surface area contributed by atoms with Crippen molar-refractivity contribution in [3.8, 4) is 17.2 Å². The topological polar surface area (TPSA) is 54.0 Å². The van der Waals surface area contributed by atoms with Crippen molar-refractivity contribution in [3.63, 3.8) is 0 Å². The summed E-state index contributed by atoms with van der Waals surface area (Å²) >= 11 is 0. The molecule has 0 saturated carbocycles. The van der Waals surface area contributed by atoms with Gasteiger partial charge in [-0.05, 0) is 29.8 Å². The highest BCUT2D eigenvalue weighted by Crippen LogP contribution is 2.34. The SMILES string of the molecule is COc1ccc(COC(=O)c2cccc3c2OCCO3)cc1. The largest absolute Gasteiger partial charge is 0.497 e. The van der Waals surface area contributed by atoms with E-state index < -0.39 is 5.97 Å². The maximum Gasteiger partial charge on any atom is 0.342 e. The van der Waals surface area contributed by atoms with Gasteiger partial charge in [0, 0.05) is 0 Å². The molecule has 0 spiro atoms. The minimum Gasteiger partial charge on any atom is -0.497 e. The summed E-state index contributed by atoms with van der Waals surface area (Å²) in [5.74, 6) is 1.36. The number of fused-ring (bicyclic) bond motifs is 1. The lowest BCUT2D eigenvalue weighted by Crippen LogP contribution is -2.18. The number of esters is 1. The van der Waals surface area contributed by atoms with Gasteiger partial charge in [0.25, 0.3) is 0 Å². The normalized spacial score (nSPS) is 12.6. The van der Waals surface area contributed by atoms with Crippen LogP contribution in [0.4, 0.5) is 0 Å². The van der Waals surface area contributed by atoms with E-state index >= 15 is 0 Å². The van der Waals surface area contributed by atoms with Gasteiger partial charge in [-0.2, -0.15) is 0 Å². The van der Waals surface area contributed by atoms with E-state index in [0.29, 0.717) is 30.3 Å². The molecule has 5 nitrogen and oxygen atoms in total. The van der Waals surface area contributed by atoms with Crippen molar-refractivity contribution in [3.05, 3.63) is 53.6 Å². The van der Waals surface area contributed by atoms with Gasteiger partial charge in [0.15, 0.2) is 11.5 Å². The molecular weight excluding hydrogens is 284 g/mol. The molecule has 114 valence electrons. The molecule has 1 heterocycles. The highest BCUT2D eigenvalue weighted by atomic mass is 16.6. The molecule has 1 aliphatic heterocycles. The summed E-state index contributed by atoms with van der Waals surface area (Å²) < 4.78 is 21.4. The summed E-state index contributed by atoms with van der Waals surface area (Å²) in [6.45, 7) is 1.10. The van der Waals surface area contributed by atoms with Crippen LogP contribution in [0.5, 0.6) is 17.2 Å². The van der Waals surface area contributed by atoms with Gasteiger partial charge in [-0.15, -0.1) is 0 Å². The zero-order chi connectivity index (χ0) is 15.4. The Morgan fingerprint density at radius 1 is 1.09 bits per heavy atom. The zero-order valence-electron chi connectivity index (χ0n) is 12.2. The second-order valence-corrected chi connectivity index (χ2v) is 4.75. The zero-order valence-corrected chi connectivity index (χ0v) is 12.2. The van der Waals surface area contributed by atoms with E-state index in [1.807, 2.05) is 24.3 Å². The van der Waals surface area contributed by atoms with Crippen LogP contribution in [0.25, 0.3) is 0 Å². The van der Waals surface area contributed by atoms with E-state index in [1.165, 1.54) is 0 Å². The van der Waals surface area contributed by atoms with Gasteiger partial charge in [0.1, 0.15) is 31.1 Å². The molecule has 0 aromatic heterocycles. The van der Waals surface area contributed by atoms with Gasteiger partial charge in [-0.25, -0.2) is 4.79 Å². The monoisotopic (exact) mass is 300 g/mol. The van der Waals surface area contributed by atoms with E-state index in [1.54, 1.807) is 25.3 Å². The van der Waals surface area contributed by atoms with Crippen molar-refractivity contribution in [1.82, 2.24) is 0 Å². The summed E-state index contributed by atoms with van der Waals surface area (Å²) in [4.78, 5) is 12.2. The van der Waals surface area contributed by atoms with Crippen molar-refractivity contribution in [2.24, 2.45) is 0 Å². The number of carbonyl (C=O) groups is 1. The van der Waals surface area contributed by atoms with E-state index in [9.17, 15) is 4.79 Å². The summed E-state index contributed by atoms with van der Waals surface area (Å²) in [6.07, 6.45) is 0. The molecule has 0 fully saturated rings. The molecule has 1 aliphatic rings. The predicted molar refractivity (Wildman–Crippen MR) is 79.5 cm³/mol. The van der Waals surface area contributed by atoms with E-state index in [0.717, 1.165) is 11.3 Å². The lowest BCUT2D eigenvalue weighted by Gasteiger charge is -2.20. The molecule has 0 aliphatic carbocycles. The molecule has 5 heteroatoms. The smallest absolute Gasteiger partial charge is 0.342 e. The Kier molecular flexibility index (Phi) is 4.14. The second-order valence-electron chi connectivity index (χ2n) is 4.75. The van der Waals surface area contributed by atoms with Crippen LogP contribution in [-0.4, -0.2) is 26.3 Å². The molecule has 22 heavy (non-hydrogen) atoms. The maximum absolute atomic E-state index is 12.2. The number of rotatable bonds is 4. The quantitative estimate of drug-likeness (QED) is 0.813. The molecular formula is C17H16O5. The number of carbonyl (C=O) groups excluding carboxylic acids is 1. The standard InChI is InChI=1S/C17H16O5/c1-19-13-7-5-12(6-8-13)11-22-17(18)14-3-2-4-15-16(14)21-10-9-20-15/h2-8H,9-11H2,1H3. The summed E-state index contributed by atoms with van der Waals surface area (Å²) in [7, 11) is 1.61. The molecule has 0 bridgehead atoms. The maximum atomic E-state index is 12.2. The van der Waals surface area contributed by atoms with Crippen LogP contribution >= 0.6 is 0 Å². The van der Waals surface area contributed by atoms with Crippen molar-refractivity contribution < 1.29 is 23.7 Å². The first-order chi connectivity index (χ1) is 10.8. The summed E-state index contributed by atoms with van der Waals surface area (Å²) in [5.41, 5.74) is 1.27. The molecule has 0 N–H and O–H groups in total. The first kappa shape index (κ1) is 14.3. The van der Waals surface area contributed by atoms with E-state index in [-0.39, 0.29) is 6.61 Å². The predicted octanol–water partition coefficient (Wildman–Crippen LogP) is 2.82. The third-order valence-corrected chi connectivity index (χ3v) is 3.32. The number of hydrogen-bond donors (Lipinski definition) is 0. The van der Waals surface area contributed by atoms with Gasteiger partial charge < -0.3 is 18.9 Å². The Hall–Kier alpha value is -2.69. The molecule has 0 saturated heterocycles. The molecule has 0 radical (unpaired) electrons. The van der Waals surface area contributed by atoms with Gasteiger partial charge in [-0.1, -0.05) is 18.2 Å². The fourth-order valence-electron chi connectivity index (χ4n) is 2.18. The average Bonchev–Trinajstić information content (AvgIpc) is 2.59. The number of ether oxygens (including phenoxy) is 4. The fraction of sp³-hybridized carbons (Fsp3) is 0.235. The molecule has 0 amide bonds. The Labute approximate surface area is 128 Å². The molecule has 2 aromatic rings. The third-order valence-electron chi connectivity index (χ3n) is 3.32. The first-order valence-corrected chi connectivity index (χ1v) is 6.96. The lowest BCUT2D eigenvalue weighted by molar-refractivity contribution is 0.0463. The van der Waals surface area contributed by atoms with Gasteiger partial charge in [-0.3, -0.25) is 0 Å². The number of hydrogen-bond acceptors (Lipinski definition) is 5. The van der Waals surface area contributed by atoms with Crippen LogP contribution in [0.15, 0.2) is 42.5 Å². The Morgan fingerprint density at radius 3 is 2.64 bits per heavy atom. The number of methoxy groups -OCH3 is 1. The van der Waals surface area contributed by atoms with E-state index in [2.05, 4.69) is 0 Å². The van der Waals surface area contributed by atoms with Crippen molar-refractivity contribution in [2.75, 3.05) is 20.3 Å². The summed E-state index contributed by atoms with van der Waals surface area (Å²) in [5, 5.41) is 0. The number of para-hydroxylation sites is 1. The van der Waals surface area contributed by atoms with Gasteiger partial charge >= 0.3 is 5.97 Å². The van der Waals surface area contributed by atoms with Crippen LogP contribution < -0.4 is 14.2 Å². The lowest BCUT2D eigenvalue weighted by atomic mass is 10.1. The fourth-order valence-corrected chi connectivity index (χ4v) is 2.18. The first-order valence-electron chi connectivity index (χ1n) is 6.96. The average molecular weight is 300 g/mol. The van der Waals surface area contributed by atoms with Gasteiger partial charge in [0.2, 0.25) is 0 Å². The molecule has 0 unspecified atom stereocenters. The number of benzene rings is 2. The van der Waals surface area contributed by atoms with Crippen LogP contribution in [0.1, 0.15) is 15.9 Å². The van der Waals surface area contributed by atoms with Crippen molar-refractivity contribution >= 4 is 5.97 Å². The van der Waals surface area contributed by atoms with E-state index in [4.69, 9.17) is 18.9 Å². The Balaban J connectivity index is 1.69. The van der Waals surface area contributed by atoms with Crippen molar-refractivity contribution in [2.45, 2.75) is 6.61 Å². The minimum absolute atomic E-state index is 0.188. The van der Waals surface area contributed by atoms with Crippen LogP contribution in [0.2, 0.25) is 0 Å². The minimum atomic E-state index is -0.432. The molecule has 2 aromatic carbocycles. The molecule has 3 rings (SSSR count). The molecule has 0 atom stereocenters. The highest BCUT2D eigenvalue weighted by Gasteiger charge is 2.21. The second kappa shape index (κ2) is 6.39. The Bertz CT molecular complexity index is 663. The van der Waals surface area contributed by atoms with Crippen LogP contribution in [0.3, 0.4) is 0 Å². The van der Waals surface area contributed by atoms with Crippen LogP contribution in [-0.2, 0) is 11.3 Å². The Morgan fingerprint density at radius 2 is 1.86 bits per heavy atom. The van der Waals surface area contributed by atoms with Crippen molar-refractivity contribution in [1.29, 1.82) is 0 Å². The third kappa shape index (κ3) is 2.98. The summed E-state index contributed by atoms with van der Waals surface area (Å²) in [6, 6.07) is 12.5. The highest BCUT2D eigenvalue weighted by molar-refractivity contribution is 5.93. The van der Waals surface area contributed by atoms with Gasteiger partial charge in [0.05, 0.1) is 7.11 Å². The van der Waals surface area contributed by atoms with Crippen LogP contribution in [0, 0.1) is 0 Å².